The molecule has 0 radical (unpaired) electrons. The van der Waals surface area contributed by atoms with Crippen LogP contribution < -0.4 is 21.5 Å². The second kappa shape index (κ2) is 6.71. The Kier molecular flexibility index (Phi) is 5.56. The van der Waals surface area contributed by atoms with Crippen molar-refractivity contribution in [2.45, 2.75) is 19.6 Å². The summed E-state index contributed by atoms with van der Waals surface area (Å²) < 4.78 is 4.41. The fourth-order valence-corrected chi connectivity index (χ4v) is 1.79. The first-order chi connectivity index (χ1) is 8.16. The van der Waals surface area contributed by atoms with Crippen LogP contribution in [0, 0.1) is 0 Å². The summed E-state index contributed by atoms with van der Waals surface area (Å²) in [6.45, 7) is 3.11. The quantitative estimate of drug-likeness (QED) is 0.654. The highest BCUT2D eigenvalue weighted by Crippen LogP contribution is 2.06. The molecule has 4 heteroatoms. The van der Waals surface area contributed by atoms with Gasteiger partial charge >= 0.3 is 0 Å². The molecule has 1 unspecified atom stereocenters. The lowest BCUT2D eigenvalue weighted by molar-refractivity contribution is -0.688. The summed E-state index contributed by atoms with van der Waals surface area (Å²) in [5.74, 6) is 0. The summed E-state index contributed by atoms with van der Waals surface area (Å²) in [5.41, 5.74) is 1.33. The molecule has 1 atom stereocenters. The van der Waals surface area contributed by atoms with Crippen molar-refractivity contribution in [3.63, 3.8) is 0 Å². The second-order valence-electron chi connectivity index (χ2n) is 4.61. The first kappa shape index (κ1) is 14.9. The van der Waals surface area contributed by atoms with Crippen LogP contribution in [0.5, 0.6) is 0 Å². The van der Waals surface area contributed by atoms with E-state index in [1.807, 2.05) is 6.07 Å². The molecule has 0 amide bonds. The van der Waals surface area contributed by atoms with Gasteiger partial charge in [-0.2, -0.15) is 0 Å². The molecule has 1 aromatic carbocycles. The molecule has 0 aliphatic heterocycles. The molecule has 3 nitrogen and oxygen atoms in total. The number of benzene rings is 1. The average Bonchev–Trinajstić information content (AvgIpc) is 2.77. The molecule has 0 spiro atoms. The van der Waals surface area contributed by atoms with Crippen LogP contribution in [0.4, 0.5) is 0 Å². The first-order valence-electron chi connectivity index (χ1n) is 5.93. The molecule has 18 heavy (non-hydrogen) atoms. The zero-order valence-electron chi connectivity index (χ0n) is 11.1. The minimum Gasteiger partial charge on any atom is -1.00 e. The van der Waals surface area contributed by atoms with Crippen LogP contribution in [0.2, 0.25) is 0 Å². The molecule has 0 saturated carbocycles. The number of imidazole rings is 1. The Bertz CT molecular complexity index is 465. The summed E-state index contributed by atoms with van der Waals surface area (Å²) in [6.07, 6.45) is 6.77. The van der Waals surface area contributed by atoms with Gasteiger partial charge in [-0.1, -0.05) is 30.3 Å². The summed E-state index contributed by atoms with van der Waals surface area (Å²) >= 11 is 0. The van der Waals surface area contributed by atoms with E-state index in [9.17, 15) is 0 Å². The molecule has 1 heterocycles. The molecule has 0 saturated heterocycles. The lowest BCUT2D eigenvalue weighted by Gasteiger charge is -2.15. The summed E-state index contributed by atoms with van der Waals surface area (Å²) in [5, 5.41) is 0. The third-order valence-electron chi connectivity index (χ3n) is 3.10. The van der Waals surface area contributed by atoms with Crippen LogP contribution in [0.25, 0.3) is 0 Å². The molecular weight excluding hydrogens is 290 g/mol. The molecule has 0 N–H and O–H groups in total. The van der Waals surface area contributed by atoms with E-state index in [4.69, 9.17) is 0 Å². The van der Waals surface area contributed by atoms with Gasteiger partial charge in [-0.05, 0) is 26.6 Å². The van der Waals surface area contributed by atoms with E-state index in [1.165, 1.54) is 5.56 Å². The number of aromatic nitrogens is 2. The maximum absolute atomic E-state index is 2.21. The average molecular weight is 310 g/mol. The summed E-state index contributed by atoms with van der Waals surface area (Å²) in [7, 11) is 4.18. The zero-order valence-corrected chi connectivity index (χ0v) is 12.7. The minimum atomic E-state index is 0. The highest BCUT2D eigenvalue weighted by molar-refractivity contribution is 5.13. The van der Waals surface area contributed by atoms with Crippen molar-refractivity contribution in [3.8, 4) is 0 Å². The van der Waals surface area contributed by atoms with E-state index in [2.05, 4.69) is 78.0 Å². The van der Waals surface area contributed by atoms with Gasteiger partial charge in [-0.3, -0.25) is 4.90 Å². The molecule has 2 aromatic rings. The molecule has 0 aliphatic rings. The second-order valence-corrected chi connectivity index (χ2v) is 4.61. The van der Waals surface area contributed by atoms with Crippen molar-refractivity contribution in [2.75, 3.05) is 14.1 Å². The van der Waals surface area contributed by atoms with Gasteiger partial charge in [0.25, 0.3) is 0 Å². The molecule has 0 bridgehead atoms. The van der Waals surface area contributed by atoms with Gasteiger partial charge in [0.05, 0.1) is 0 Å². The van der Waals surface area contributed by atoms with E-state index < -0.39 is 0 Å². The van der Waals surface area contributed by atoms with E-state index in [0.29, 0.717) is 6.17 Å². The molecular formula is C14H20BrN3. The van der Waals surface area contributed by atoms with E-state index in [1.54, 1.807) is 0 Å². The largest absolute Gasteiger partial charge is 1.00 e. The summed E-state index contributed by atoms with van der Waals surface area (Å²) in [6, 6.07) is 10.5. The van der Waals surface area contributed by atoms with Gasteiger partial charge in [0, 0.05) is 0 Å². The maximum Gasteiger partial charge on any atom is 0.245 e. The maximum atomic E-state index is 2.21. The van der Waals surface area contributed by atoms with Crippen LogP contribution in [-0.2, 0) is 6.54 Å². The predicted octanol–water partition coefficient (Wildman–Crippen LogP) is -1.09. The fraction of sp³-hybridized carbons (Fsp3) is 0.357. The molecule has 98 valence electrons. The molecule has 1 aromatic heterocycles. The fourth-order valence-electron chi connectivity index (χ4n) is 1.79. The predicted molar refractivity (Wildman–Crippen MR) is 68.6 cm³/mol. The van der Waals surface area contributed by atoms with Crippen molar-refractivity contribution in [3.05, 3.63) is 54.6 Å². The Morgan fingerprint density at radius 2 is 1.89 bits per heavy atom. The highest BCUT2D eigenvalue weighted by atomic mass is 79.9. The highest BCUT2D eigenvalue weighted by Gasteiger charge is 2.13. The summed E-state index contributed by atoms with van der Waals surface area (Å²) in [4.78, 5) is 2.19. The number of rotatable bonds is 4. The van der Waals surface area contributed by atoms with Gasteiger partial charge in [0.2, 0.25) is 6.33 Å². The zero-order chi connectivity index (χ0) is 12.3. The van der Waals surface area contributed by atoms with Gasteiger partial charge in [-0.25, -0.2) is 9.13 Å². The Morgan fingerprint density at radius 3 is 2.50 bits per heavy atom. The Morgan fingerprint density at radius 1 is 1.22 bits per heavy atom. The van der Waals surface area contributed by atoms with Crippen molar-refractivity contribution in [1.82, 2.24) is 9.47 Å². The molecule has 2 rings (SSSR count). The van der Waals surface area contributed by atoms with E-state index in [0.717, 1.165) is 6.54 Å². The van der Waals surface area contributed by atoms with Gasteiger partial charge in [0.15, 0.2) is 6.17 Å². The van der Waals surface area contributed by atoms with Crippen molar-refractivity contribution in [1.29, 1.82) is 0 Å². The van der Waals surface area contributed by atoms with Gasteiger partial charge < -0.3 is 17.0 Å². The van der Waals surface area contributed by atoms with Crippen molar-refractivity contribution >= 4 is 0 Å². The van der Waals surface area contributed by atoms with Crippen LogP contribution in [0.1, 0.15) is 18.7 Å². The van der Waals surface area contributed by atoms with Crippen molar-refractivity contribution < 1.29 is 21.5 Å². The van der Waals surface area contributed by atoms with E-state index in [-0.39, 0.29) is 17.0 Å². The van der Waals surface area contributed by atoms with Crippen LogP contribution in [0.15, 0.2) is 49.1 Å². The smallest absolute Gasteiger partial charge is 0.245 e. The Hall–Kier alpha value is -1.13. The molecule has 0 aliphatic carbocycles. The SMILES string of the molecule is CC(N(C)C)n1cc[n+](Cc2ccccc2)c1.[Br-]. The van der Waals surface area contributed by atoms with Crippen LogP contribution in [-0.4, -0.2) is 23.6 Å². The lowest BCUT2D eigenvalue weighted by atomic mass is 10.2. The van der Waals surface area contributed by atoms with Gasteiger partial charge in [-0.15, -0.1) is 0 Å². The normalized spacial score (nSPS) is 12.2. The third-order valence-corrected chi connectivity index (χ3v) is 3.10. The minimum absolute atomic E-state index is 0. The Balaban J connectivity index is 0.00000162. The van der Waals surface area contributed by atoms with Gasteiger partial charge in [0.1, 0.15) is 18.9 Å². The van der Waals surface area contributed by atoms with E-state index >= 15 is 0 Å². The standard InChI is InChI=1S/C14H20N3.BrH/c1-13(15(2)3)17-10-9-16(12-17)11-14-7-5-4-6-8-14;/h4-10,12-13H,11H2,1-3H3;1H/q+1;/p-1. The van der Waals surface area contributed by atoms with Crippen LogP contribution >= 0.6 is 0 Å². The van der Waals surface area contributed by atoms with Crippen LogP contribution in [0.3, 0.4) is 0 Å². The lowest BCUT2D eigenvalue weighted by Crippen LogP contribution is -3.00. The number of hydrogen-bond donors (Lipinski definition) is 0. The van der Waals surface area contributed by atoms with Crippen molar-refractivity contribution in [2.24, 2.45) is 0 Å². The Labute approximate surface area is 119 Å². The number of hydrogen-bond acceptors (Lipinski definition) is 1. The number of halogens is 1. The number of nitrogens with zero attached hydrogens (tertiary/aromatic N) is 3. The third kappa shape index (κ3) is 3.68. The monoisotopic (exact) mass is 309 g/mol. The topological polar surface area (TPSA) is 12.1 Å². The first-order valence-corrected chi connectivity index (χ1v) is 5.93. The molecule has 0 fully saturated rings.